The van der Waals surface area contributed by atoms with Crippen LogP contribution in [-0.2, 0) is 19.1 Å². The minimum atomic E-state index is -1.75. The van der Waals surface area contributed by atoms with Crippen molar-refractivity contribution >= 4 is 18.0 Å². The van der Waals surface area contributed by atoms with E-state index in [0.717, 1.165) is 24.8 Å². The van der Waals surface area contributed by atoms with Gasteiger partial charge in [0.1, 0.15) is 17.8 Å². The van der Waals surface area contributed by atoms with E-state index < -0.39 is 29.7 Å². The molecule has 0 bridgehead atoms. The topological polar surface area (TPSA) is 93.1 Å². The standard InChI is InChI=1S/C34H44O6/c1-19(2)30-27-16-24-21(4)34(38)26(22(5)39-32(37)31(34)36)14-12-20(3)25(24)17-33(27,6)18-28(30)40-29(35)15-13-23-10-8-7-9-11-23/h7-13,15,19,22,24-28,30-31,36,38H,4,14,16-18H2,1-3,5-6H3/b15-13+,20-12-. The first-order valence-electron chi connectivity index (χ1n) is 14.8. The van der Waals surface area contributed by atoms with Crippen molar-refractivity contribution in [1.29, 1.82) is 0 Å². The monoisotopic (exact) mass is 548 g/mol. The molecular formula is C34H44O6. The van der Waals surface area contributed by atoms with Crippen LogP contribution in [-0.4, -0.2) is 46.1 Å². The zero-order valence-electron chi connectivity index (χ0n) is 24.4. The Morgan fingerprint density at radius 1 is 1.18 bits per heavy atom. The van der Waals surface area contributed by atoms with Gasteiger partial charge in [-0.25, -0.2) is 9.59 Å². The lowest BCUT2D eigenvalue weighted by molar-refractivity contribution is -0.209. The molecule has 2 saturated carbocycles. The fraction of sp³-hybridized carbons (Fsp3) is 0.588. The largest absolute Gasteiger partial charge is 0.460 e. The van der Waals surface area contributed by atoms with Crippen molar-refractivity contribution < 1.29 is 29.3 Å². The van der Waals surface area contributed by atoms with Crippen LogP contribution in [0.3, 0.4) is 0 Å². The minimum Gasteiger partial charge on any atom is -0.460 e. The van der Waals surface area contributed by atoms with Crippen LogP contribution < -0.4 is 0 Å². The van der Waals surface area contributed by atoms with Gasteiger partial charge in [-0.1, -0.05) is 69.3 Å². The molecule has 1 saturated heterocycles. The molecule has 10 unspecified atom stereocenters. The molecule has 0 spiro atoms. The van der Waals surface area contributed by atoms with E-state index in [1.807, 2.05) is 30.3 Å². The molecule has 1 aromatic rings. The number of rotatable bonds is 4. The summed E-state index contributed by atoms with van der Waals surface area (Å²) in [6.07, 6.45) is 5.97. The summed E-state index contributed by atoms with van der Waals surface area (Å²) in [7, 11) is 0. The molecule has 4 aliphatic rings. The maximum atomic E-state index is 13.0. The van der Waals surface area contributed by atoms with E-state index in [0.29, 0.717) is 12.0 Å². The number of benzene rings is 1. The molecule has 0 amide bonds. The lowest BCUT2D eigenvalue weighted by Crippen LogP contribution is -2.63. The van der Waals surface area contributed by atoms with Gasteiger partial charge in [-0.15, -0.1) is 0 Å². The molecule has 0 radical (unpaired) electrons. The summed E-state index contributed by atoms with van der Waals surface area (Å²) in [5.74, 6) is -0.905. The SMILES string of the molecule is C=C1C2CC3C(C(C)C)C(OC(=O)/C=C/c4ccccc4)CC3(C)CC2/C(C)=C\CC2C(C)OC(=O)C(O)C12O. The number of fused-ring (bicyclic) bond motifs is 3. The Morgan fingerprint density at radius 2 is 1.88 bits per heavy atom. The number of aliphatic hydroxyl groups excluding tert-OH is 1. The van der Waals surface area contributed by atoms with Gasteiger partial charge in [-0.05, 0) is 85.8 Å². The quantitative estimate of drug-likeness (QED) is 0.293. The molecule has 2 N–H and O–H groups in total. The van der Waals surface area contributed by atoms with Gasteiger partial charge in [0.05, 0.1) is 0 Å². The summed E-state index contributed by atoms with van der Waals surface area (Å²) in [6.45, 7) is 15.0. The normalized spacial score (nSPS) is 42.6. The average molecular weight is 549 g/mol. The summed E-state index contributed by atoms with van der Waals surface area (Å²) in [5.41, 5.74) is 0.935. The number of hydrogen-bond donors (Lipinski definition) is 2. The van der Waals surface area contributed by atoms with Crippen molar-refractivity contribution in [2.45, 2.75) is 84.2 Å². The Bertz CT molecular complexity index is 1220. The molecule has 1 heterocycles. The lowest BCUT2D eigenvalue weighted by Gasteiger charge is -2.54. The number of aliphatic hydroxyl groups is 2. The van der Waals surface area contributed by atoms with Crippen LogP contribution in [0.25, 0.3) is 6.08 Å². The van der Waals surface area contributed by atoms with Gasteiger partial charge in [-0.2, -0.15) is 0 Å². The van der Waals surface area contributed by atoms with Crippen molar-refractivity contribution in [3.8, 4) is 0 Å². The predicted molar refractivity (Wildman–Crippen MR) is 154 cm³/mol. The summed E-state index contributed by atoms with van der Waals surface area (Å²) in [6, 6.07) is 9.71. The van der Waals surface area contributed by atoms with E-state index >= 15 is 0 Å². The first-order chi connectivity index (χ1) is 18.9. The van der Waals surface area contributed by atoms with Crippen LogP contribution in [0.1, 0.15) is 65.9 Å². The maximum Gasteiger partial charge on any atom is 0.338 e. The number of hydrogen-bond acceptors (Lipinski definition) is 6. The second-order valence-electron chi connectivity index (χ2n) is 13.3. The second-order valence-corrected chi connectivity index (χ2v) is 13.3. The first-order valence-corrected chi connectivity index (χ1v) is 14.8. The molecule has 6 nitrogen and oxygen atoms in total. The Hall–Kier alpha value is -2.70. The van der Waals surface area contributed by atoms with E-state index in [4.69, 9.17) is 9.47 Å². The van der Waals surface area contributed by atoms with E-state index in [2.05, 4.69) is 40.3 Å². The van der Waals surface area contributed by atoms with Gasteiger partial charge in [0.2, 0.25) is 0 Å². The number of carbonyl (C=O) groups excluding carboxylic acids is 2. The Balaban J connectivity index is 1.44. The molecule has 40 heavy (non-hydrogen) atoms. The van der Waals surface area contributed by atoms with Crippen molar-refractivity contribution in [3.63, 3.8) is 0 Å². The third-order valence-corrected chi connectivity index (χ3v) is 10.7. The van der Waals surface area contributed by atoms with Crippen molar-refractivity contribution in [2.24, 2.45) is 40.9 Å². The molecule has 10 atom stereocenters. The van der Waals surface area contributed by atoms with E-state index in [-0.39, 0.29) is 47.1 Å². The second kappa shape index (κ2) is 10.6. The van der Waals surface area contributed by atoms with Crippen LogP contribution in [0, 0.1) is 40.9 Å². The Labute approximate surface area is 238 Å². The Morgan fingerprint density at radius 3 is 2.55 bits per heavy atom. The van der Waals surface area contributed by atoms with Crippen LogP contribution in [0.15, 0.2) is 60.2 Å². The summed E-state index contributed by atoms with van der Waals surface area (Å²) < 4.78 is 11.6. The van der Waals surface area contributed by atoms with Crippen LogP contribution >= 0.6 is 0 Å². The summed E-state index contributed by atoms with van der Waals surface area (Å²) in [4.78, 5) is 25.5. The molecular weight excluding hydrogens is 504 g/mol. The molecule has 1 aromatic carbocycles. The number of carbonyl (C=O) groups is 2. The Kier molecular flexibility index (Phi) is 7.64. The molecule has 5 rings (SSSR count). The molecule has 1 aliphatic heterocycles. The molecule has 216 valence electrons. The lowest BCUT2D eigenvalue weighted by atomic mass is 9.53. The third kappa shape index (κ3) is 4.77. The first kappa shape index (κ1) is 28.8. The number of cyclic esters (lactones) is 1. The fourth-order valence-corrected chi connectivity index (χ4v) is 8.64. The van der Waals surface area contributed by atoms with Gasteiger partial charge in [0.15, 0.2) is 6.10 Å². The average Bonchev–Trinajstić information content (AvgIpc) is 3.20. The van der Waals surface area contributed by atoms with Crippen molar-refractivity contribution in [3.05, 3.63) is 65.8 Å². The zero-order chi connectivity index (χ0) is 29.0. The van der Waals surface area contributed by atoms with Gasteiger partial charge < -0.3 is 19.7 Å². The molecule has 3 fully saturated rings. The third-order valence-electron chi connectivity index (χ3n) is 10.7. The molecule has 3 aliphatic carbocycles. The maximum absolute atomic E-state index is 13.0. The number of esters is 2. The summed E-state index contributed by atoms with van der Waals surface area (Å²) in [5, 5.41) is 23.0. The van der Waals surface area contributed by atoms with Crippen LogP contribution in [0.5, 0.6) is 0 Å². The van der Waals surface area contributed by atoms with Gasteiger partial charge in [0, 0.05) is 17.9 Å². The predicted octanol–water partition coefficient (Wildman–Crippen LogP) is 5.50. The van der Waals surface area contributed by atoms with Gasteiger partial charge in [0.25, 0.3) is 0 Å². The van der Waals surface area contributed by atoms with Crippen molar-refractivity contribution in [2.75, 3.05) is 0 Å². The van der Waals surface area contributed by atoms with Crippen LogP contribution in [0.4, 0.5) is 0 Å². The molecule has 6 heteroatoms. The number of ether oxygens (including phenoxy) is 2. The van der Waals surface area contributed by atoms with E-state index in [1.165, 1.54) is 11.6 Å². The van der Waals surface area contributed by atoms with Gasteiger partial charge >= 0.3 is 11.9 Å². The fourth-order valence-electron chi connectivity index (χ4n) is 8.64. The highest BCUT2D eigenvalue weighted by Crippen LogP contribution is 2.63. The number of allylic oxidation sites excluding steroid dienone is 2. The molecule has 0 aromatic heterocycles. The van der Waals surface area contributed by atoms with E-state index in [9.17, 15) is 19.8 Å². The van der Waals surface area contributed by atoms with E-state index in [1.54, 1.807) is 13.0 Å². The van der Waals surface area contributed by atoms with Crippen LogP contribution in [0.2, 0.25) is 0 Å². The van der Waals surface area contributed by atoms with Crippen molar-refractivity contribution in [1.82, 2.24) is 0 Å². The smallest absolute Gasteiger partial charge is 0.338 e. The highest BCUT2D eigenvalue weighted by molar-refractivity contribution is 5.87. The zero-order valence-corrected chi connectivity index (χ0v) is 24.4. The minimum absolute atomic E-state index is 0.0573. The highest BCUT2D eigenvalue weighted by Gasteiger charge is 2.62. The van der Waals surface area contributed by atoms with Gasteiger partial charge in [-0.3, -0.25) is 0 Å². The highest BCUT2D eigenvalue weighted by atomic mass is 16.6. The summed E-state index contributed by atoms with van der Waals surface area (Å²) >= 11 is 0.